The number of benzene rings is 1. The largest absolute Gasteiger partial charge is 0.467 e. The molecular formula is C14H12N2O3S. The van der Waals surface area contributed by atoms with E-state index >= 15 is 0 Å². The Bertz CT molecular complexity index is 720. The van der Waals surface area contributed by atoms with E-state index in [1.54, 1.807) is 6.20 Å². The summed E-state index contributed by atoms with van der Waals surface area (Å²) in [4.78, 5) is 31.1. The molecule has 1 aliphatic rings. The van der Waals surface area contributed by atoms with E-state index < -0.39 is 12.0 Å². The first-order chi connectivity index (χ1) is 9.70. The molecule has 5 nitrogen and oxygen atoms in total. The van der Waals surface area contributed by atoms with Crippen molar-refractivity contribution in [3.8, 4) is 0 Å². The van der Waals surface area contributed by atoms with Crippen molar-refractivity contribution in [1.82, 2.24) is 4.98 Å². The molecule has 3 rings (SSSR count). The van der Waals surface area contributed by atoms with Crippen LogP contribution in [0.4, 0.5) is 0 Å². The lowest BCUT2D eigenvalue weighted by Gasteiger charge is -2.00. The first-order valence-electron chi connectivity index (χ1n) is 6.10. The van der Waals surface area contributed by atoms with Gasteiger partial charge in [0.25, 0.3) is 0 Å². The fourth-order valence-electron chi connectivity index (χ4n) is 2.13. The third-order valence-electron chi connectivity index (χ3n) is 3.15. The Hall–Kier alpha value is -2.08. The topological polar surface area (TPSA) is 71.5 Å². The van der Waals surface area contributed by atoms with E-state index in [1.807, 2.05) is 24.3 Å². The van der Waals surface area contributed by atoms with Gasteiger partial charge in [0.2, 0.25) is 5.78 Å². The molecule has 0 saturated heterocycles. The highest BCUT2D eigenvalue weighted by Gasteiger charge is 2.30. The summed E-state index contributed by atoms with van der Waals surface area (Å²) in [7, 11) is 1.32. The predicted octanol–water partition coefficient (Wildman–Crippen LogP) is 2.04. The standard InChI is InChI=1S/C14H12N2O3S/c1-19-14(18)11-7-20-13(16-11)12(17)9-6-15-10-5-3-2-4-8(9)10/h2-6,11,15H,7H2,1H3/t11-/m0/s1. The molecule has 1 atom stereocenters. The molecule has 0 spiro atoms. The minimum Gasteiger partial charge on any atom is -0.467 e. The molecule has 0 saturated carbocycles. The van der Waals surface area contributed by atoms with Crippen LogP contribution in [-0.4, -0.2) is 40.7 Å². The summed E-state index contributed by atoms with van der Waals surface area (Å²) in [6.45, 7) is 0. The number of nitrogens with one attached hydrogen (secondary N) is 1. The lowest BCUT2D eigenvalue weighted by atomic mass is 10.1. The number of rotatable bonds is 3. The molecule has 6 heteroatoms. The minimum absolute atomic E-state index is 0.154. The molecule has 1 aliphatic heterocycles. The number of thioether (sulfide) groups is 1. The number of carbonyl (C=O) groups is 2. The average molecular weight is 288 g/mol. The highest BCUT2D eigenvalue weighted by Crippen LogP contribution is 2.25. The number of carbonyl (C=O) groups excluding carboxylic acids is 2. The van der Waals surface area contributed by atoms with Gasteiger partial charge in [-0.3, -0.25) is 9.79 Å². The Balaban J connectivity index is 1.92. The van der Waals surface area contributed by atoms with Gasteiger partial charge in [-0.05, 0) is 6.07 Å². The molecule has 0 fully saturated rings. The van der Waals surface area contributed by atoms with E-state index in [2.05, 4.69) is 14.7 Å². The van der Waals surface area contributed by atoms with Gasteiger partial charge in [0.05, 0.1) is 12.7 Å². The summed E-state index contributed by atoms with van der Waals surface area (Å²) in [6.07, 6.45) is 1.68. The van der Waals surface area contributed by atoms with Crippen molar-refractivity contribution in [2.45, 2.75) is 6.04 Å². The van der Waals surface area contributed by atoms with Crippen LogP contribution < -0.4 is 0 Å². The number of hydrogen-bond acceptors (Lipinski definition) is 5. The van der Waals surface area contributed by atoms with Gasteiger partial charge in [-0.1, -0.05) is 18.2 Å². The van der Waals surface area contributed by atoms with Crippen molar-refractivity contribution in [3.05, 3.63) is 36.0 Å². The van der Waals surface area contributed by atoms with Crippen molar-refractivity contribution in [3.63, 3.8) is 0 Å². The Morgan fingerprint density at radius 1 is 1.40 bits per heavy atom. The van der Waals surface area contributed by atoms with Crippen LogP contribution in [0.5, 0.6) is 0 Å². The van der Waals surface area contributed by atoms with E-state index in [0.717, 1.165) is 10.9 Å². The van der Waals surface area contributed by atoms with Crippen molar-refractivity contribution in [2.24, 2.45) is 4.99 Å². The number of ketones is 1. The molecule has 0 radical (unpaired) electrons. The van der Waals surface area contributed by atoms with Crippen LogP contribution >= 0.6 is 11.8 Å². The van der Waals surface area contributed by atoms with Gasteiger partial charge >= 0.3 is 5.97 Å². The number of aliphatic imine (C=N–C) groups is 1. The summed E-state index contributed by atoms with van der Waals surface area (Å²) in [6, 6.07) is 7.01. The smallest absolute Gasteiger partial charge is 0.331 e. The van der Waals surface area contributed by atoms with Crippen molar-refractivity contribution < 1.29 is 14.3 Å². The molecule has 0 aliphatic carbocycles. The second-order valence-corrected chi connectivity index (χ2v) is 5.37. The number of fused-ring (bicyclic) bond motifs is 1. The lowest BCUT2D eigenvalue weighted by Crippen LogP contribution is -2.20. The molecule has 20 heavy (non-hydrogen) atoms. The van der Waals surface area contributed by atoms with Crippen LogP contribution in [0.15, 0.2) is 35.5 Å². The molecule has 1 N–H and O–H groups in total. The fourth-order valence-corrected chi connectivity index (χ4v) is 3.10. The van der Waals surface area contributed by atoms with Crippen molar-refractivity contribution in [1.29, 1.82) is 0 Å². The van der Waals surface area contributed by atoms with Gasteiger partial charge in [-0.2, -0.15) is 0 Å². The normalized spacial score (nSPS) is 18.1. The molecule has 0 amide bonds. The molecule has 102 valence electrons. The summed E-state index contributed by atoms with van der Waals surface area (Å²) in [5.74, 6) is -0.103. The molecular weight excluding hydrogens is 276 g/mol. The lowest BCUT2D eigenvalue weighted by molar-refractivity contribution is -0.141. The van der Waals surface area contributed by atoms with Gasteiger partial charge in [-0.25, -0.2) is 4.79 Å². The highest BCUT2D eigenvalue weighted by molar-refractivity contribution is 8.16. The van der Waals surface area contributed by atoms with Crippen LogP contribution in [0.25, 0.3) is 10.9 Å². The third kappa shape index (κ3) is 2.12. The third-order valence-corrected chi connectivity index (χ3v) is 4.20. The van der Waals surface area contributed by atoms with Crippen LogP contribution in [0.1, 0.15) is 10.4 Å². The van der Waals surface area contributed by atoms with Crippen molar-refractivity contribution in [2.75, 3.05) is 12.9 Å². The van der Waals surface area contributed by atoms with Crippen LogP contribution in [0, 0.1) is 0 Å². The monoisotopic (exact) mass is 288 g/mol. The number of aromatic nitrogens is 1. The van der Waals surface area contributed by atoms with Crippen molar-refractivity contribution >= 4 is 39.5 Å². The summed E-state index contributed by atoms with van der Waals surface area (Å²) >= 11 is 1.29. The maximum atomic E-state index is 12.5. The Morgan fingerprint density at radius 3 is 3.00 bits per heavy atom. The minimum atomic E-state index is -0.575. The number of methoxy groups -OCH3 is 1. The Labute approximate surface area is 119 Å². The number of Topliss-reactive ketones (excluding diaryl/α,β-unsaturated/α-hetero) is 1. The highest BCUT2D eigenvalue weighted by atomic mass is 32.2. The van der Waals surface area contributed by atoms with Gasteiger partial charge in [0, 0.05) is 22.9 Å². The number of H-pyrrole nitrogens is 1. The van der Waals surface area contributed by atoms with E-state index in [9.17, 15) is 9.59 Å². The van der Waals surface area contributed by atoms with Gasteiger partial charge in [0.1, 0.15) is 5.04 Å². The van der Waals surface area contributed by atoms with E-state index in [1.165, 1.54) is 18.9 Å². The van der Waals surface area contributed by atoms with Gasteiger partial charge in [-0.15, -0.1) is 11.8 Å². The zero-order valence-corrected chi connectivity index (χ0v) is 11.6. The molecule has 1 aromatic carbocycles. The number of esters is 1. The quantitative estimate of drug-likeness (QED) is 0.693. The zero-order chi connectivity index (χ0) is 14.1. The van der Waals surface area contributed by atoms with Gasteiger partial charge in [0.15, 0.2) is 6.04 Å². The molecule has 2 aromatic rings. The Kier molecular flexibility index (Phi) is 3.31. The Morgan fingerprint density at radius 2 is 2.20 bits per heavy atom. The van der Waals surface area contributed by atoms with E-state index in [0.29, 0.717) is 16.4 Å². The van der Waals surface area contributed by atoms with Crippen LogP contribution in [0.3, 0.4) is 0 Å². The number of para-hydroxylation sites is 1. The second kappa shape index (κ2) is 5.13. The summed E-state index contributed by atoms with van der Waals surface area (Å²) in [5.41, 5.74) is 1.49. The maximum absolute atomic E-state index is 12.5. The number of nitrogens with zero attached hydrogens (tertiary/aromatic N) is 1. The number of ether oxygens (including phenoxy) is 1. The predicted molar refractivity (Wildman–Crippen MR) is 78.3 cm³/mol. The molecule has 2 heterocycles. The first kappa shape index (κ1) is 12.9. The summed E-state index contributed by atoms with van der Waals surface area (Å²) < 4.78 is 4.65. The fraction of sp³-hybridized carbons (Fsp3) is 0.214. The molecule has 0 unspecified atom stereocenters. The van der Waals surface area contributed by atoms with E-state index in [-0.39, 0.29) is 5.78 Å². The van der Waals surface area contributed by atoms with E-state index in [4.69, 9.17) is 0 Å². The maximum Gasteiger partial charge on any atom is 0.331 e. The second-order valence-electron chi connectivity index (χ2n) is 4.36. The average Bonchev–Trinajstić information content (AvgIpc) is 3.12. The number of aromatic amines is 1. The van der Waals surface area contributed by atoms with Crippen LogP contribution in [-0.2, 0) is 9.53 Å². The molecule has 1 aromatic heterocycles. The SMILES string of the molecule is COC(=O)[C@@H]1CSC(C(=O)c2c[nH]c3ccccc23)=N1. The number of hydrogen-bond donors (Lipinski definition) is 1. The zero-order valence-electron chi connectivity index (χ0n) is 10.8. The van der Waals surface area contributed by atoms with Gasteiger partial charge < -0.3 is 9.72 Å². The first-order valence-corrected chi connectivity index (χ1v) is 7.08. The summed E-state index contributed by atoms with van der Waals surface area (Å²) in [5, 5.41) is 1.23. The van der Waals surface area contributed by atoms with Crippen LogP contribution in [0.2, 0.25) is 0 Å². The molecule has 0 bridgehead atoms.